The molecule has 72 valence electrons. The Labute approximate surface area is 99.9 Å². The van der Waals surface area contributed by atoms with Crippen molar-refractivity contribution in [3.63, 3.8) is 0 Å². The fraction of sp³-hybridized carbons (Fsp3) is 0. The Morgan fingerprint density at radius 2 is 1.43 bits per heavy atom. The summed E-state index contributed by atoms with van der Waals surface area (Å²) >= 11 is 22.8. The quantitative estimate of drug-likeness (QED) is 0.571. The van der Waals surface area contributed by atoms with Crippen molar-refractivity contribution in [2.45, 2.75) is 0 Å². The van der Waals surface area contributed by atoms with Gasteiger partial charge in [-0.3, -0.25) is 4.79 Å². The van der Waals surface area contributed by atoms with Crippen molar-refractivity contribution in [2.75, 3.05) is 0 Å². The predicted molar refractivity (Wildman–Crippen MR) is 56.6 cm³/mol. The molecule has 0 amide bonds. The molecule has 0 spiro atoms. The number of nitriles is 1. The number of hydrogen-bond donors (Lipinski definition) is 0. The predicted octanol–water partition coefficient (Wildman–Crippen LogP) is 3.98. The molecule has 0 bridgehead atoms. The minimum atomic E-state index is -0.0642. The van der Waals surface area contributed by atoms with E-state index in [1.165, 1.54) is 0 Å². The molecular weight excluding hydrogens is 268 g/mol. The van der Waals surface area contributed by atoms with E-state index in [-0.39, 0.29) is 31.2 Å². The molecule has 0 aliphatic rings. The number of carbonyl (C=O) groups excluding carboxylic acids is 1. The second-order valence-corrected chi connectivity index (χ2v) is 3.79. The first-order valence-electron chi connectivity index (χ1n) is 3.25. The molecular formula is C8HCl4NO. The van der Waals surface area contributed by atoms with Gasteiger partial charge in [-0.2, -0.15) is 5.26 Å². The van der Waals surface area contributed by atoms with Gasteiger partial charge in [0.1, 0.15) is 6.07 Å². The Hall–Kier alpha value is -0.460. The van der Waals surface area contributed by atoms with Crippen molar-refractivity contribution in [1.29, 1.82) is 5.26 Å². The lowest BCUT2D eigenvalue weighted by atomic mass is 10.1. The zero-order valence-electron chi connectivity index (χ0n) is 6.44. The molecule has 1 rings (SSSR count). The van der Waals surface area contributed by atoms with Gasteiger partial charge >= 0.3 is 0 Å². The Balaban J connectivity index is 3.74. The molecule has 0 aromatic heterocycles. The first-order valence-corrected chi connectivity index (χ1v) is 4.77. The van der Waals surface area contributed by atoms with Gasteiger partial charge in [0.15, 0.2) is 6.29 Å². The lowest BCUT2D eigenvalue weighted by Crippen LogP contribution is -1.91. The summed E-state index contributed by atoms with van der Waals surface area (Å²) in [4.78, 5) is 10.6. The summed E-state index contributed by atoms with van der Waals surface area (Å²) in [6.45, 7) is 0. The maximum Gasteiger partial charge on any atom is 0.153 e. The number of nitrogens with zero attached hydrogens (tertiary/aromatic N) is 1. The Kier molecular flexibility index (Phi) is 3.63. The van der Waals surface area contributed by atoms with Crippen molar-refractivity contribution in [1.82, 2.24) is 0 Å². The van der Waals surface area contributed by atoms with Crippen LogP contribution in [0, 0.1) is 11.3 Å². The van der Waals surface area contributed by atoms with Crippen LogP contribution < -0.4 is 0 Å². The van der Waals surface area contributed by atoms with Gasteiger partial charge in [0, 0.05) is 0 Å². The molecule has 2 nitrogen and oxygen atoms in total. The fourth-order valence-electron chi connectivity index (χ4n) is 0.850. The van der Waals surface area contributed by atoms with Crippen molar-refractivity contribution >= 4 is 52.7 Å². The molecule has 0 aliphatic heterocycles. The molecule has 0 fully saturated rings. The normalized spacial score (nSPS) is 9.64. The maximum atomic E-state index is 10.6. The molecule has 14 heavy (non-hydrogen) atoms. The number of aldehydes is 1. The summed E-state index contributed by atoms with van der Waals surface area (Å²) in [5.41, 5.74) is -0.0451. The van der Waals surface area contributed by atoms with Crippen LogP contribution in [0.2, 0.25) is 20.1 Å². The minimum Gasteiger partial charge on any atom is -0.298 e. The van der Waals surface area contributed by atoms with Gasteiger partial charge in [-0.25, -0.2) is 0 Å². The molecule has 0 atom stereocenters. The van der Waals surface area contributed by atoms with Gasteiger partial charge < -0.3 is 0 Å². The number of hydrogen-bond acceptors (Lipinski definition) is 2. The first kappa shape index (κ1) is 11.6. The van der Waals surface area contributed by atoms with Crippen LogP contribution in [0.3, 0.4) is 0 Å². The SMILES string of the molecule is N#Cc1c(Cl)c(Cl)c(C=O)c(Cl)c1Cl. The molecule has 0 unspecified atom stereocenters. The van der Waals surface area contributed by atoms with E-state index in [2.05, 4.69) is 0 Å². The third-order valence-corrected chi connectivity index (χ3v) is 3.26. The van der Waals surface area contributed by atoms with E-state index in [4.69, 9.17) is 51.7 Å². The lowest BCUT2D eigenvalue weighted by molar-refractivity contribution is 0.112. The van der Waals surface area contributed by atoms with Gasteiger partial charge in [0.05, 0.1) is 31.2 Å². The second-order valence-electron chi connectivity index (χ2n) is 2.27. The summed E-state index contributed by atoms with van der Waals surface area (Å²) in [6, 6.07) is 1.75. The summed E-state index contributed by atoms with van der Waals surface area (Å²) < 4.78 is 0. The van der Waals surface area contributed by atoms with Gasteiger partial charge in [-0.05, 0) is 0 Å². The van der Waals surface area contributed by atoms with Crippen molar-refractivity contribution in [2.24, 2.45) is 0 Å². The Bertz CT molecular complexity index is 421. The van der Waals surface area contributed by atoms with E-state index in [0.29, 0.717) is 6.29 Å². The largest absolute Gasteiger partial charge is 0.298 e. The van der Waals surface area contributed by atoms with Gasteiger partial charge in [0.25, 0.3) is 0 Å². The Morgan fingerprint density at radius 3 is 1.71 bits per heavy atom. The Morgan fingerprint density at radius 1 is 1.00 bits per heavy atom. The molecule has 0 radical (unpaired) electrons. The summed E-state index contributed by atoms with van der Waals surface area (Å²) in [6.07, 6.45) is 0.434. The number of carbonyl (C=O) groups is 1. The summed E-state index contributed by atoms with van der Waals surface area (Å²) in [5, 5.41) is 8.43. The van der Waals surface area contributed by atoms with Crippen LogP contribution in [-0.4, -0.2) is 6.29 Å². The number of rotatable bonds is 1. The number of halogens is 4. The highest BCUT2D eigenvalue weighted by Gasteiger charge is 2.19. The van der Waals surface area contributed by atoms with Crippen molar-refractivity contribution in [3.8, 4) is 6.07 Å². The monoisotopic (exact) mass is 267 g/mol. The van der Waals surface area contributed by atoms with Crippen molar-refractivity contribution < 1.29 is 4.79 Å². The van der Waals surface area contributed by atoms with E-state index >= 15 is 0 Å². The first-order chi connectivity index (χ1) is 6.54. The fourth-order valence-corrected chi connectivity index (χ4v) is 1.89. The highest BCUT2D eigenvalue weighted by atomic mass is 35.5. The molecule has 0 saturated heterocycles. The second kappa shape index (κ2) is 4.37. The molecule has 0 saturated carbocycles. The third-order valence-electron chi connectivity index (χ3n) is 1.53. The zero-order valence-corrected chi connectivity index (χ0v) is 9.47. The van der Waals surface area contributed by atoms with Crippen LogP contribution in [-0.2, 0) is 0 Å². The molecule has 1 aromatic carbocycles. The van der Waals surface area contributed by atoms with Crippen LogP contribution >= 0.6 is 46.4 Å². The molecule has 1 aromatic rings. The van der Waals surface area contributed by atoms with Crippen LogP contribution in [0.25, 0.3) is 0 Å². The highest BCUT2D eigenvalue weighted by Crippen LogP contribution is 2.39. The summed E-state index contributed by atoms with van der Waals surface area (Å²) in [5.74, 6) is 0. The third kappa shape index (κ3) is 1.69. The van der Waals surface area contributed by atoms with Crippen LogP contribution in [0.1, 0.15) is 15.9 Å². The average Bonchev–Trinajstić information content (AvgIpc) is 2.17. The molecule has 0 N–H and O–H groups in total. The minimum absolute atomic E-state index is 0.0117. The smallest absolute Gasteiger partial charge is 0.153 e. The van der Waals surface area contributed by atoms with E-state index in [9.17, 15) is 4.79 Å². The molecule has 0 heterocycles. The van der Waals surface area contributed by atoms with Crippen LogP contribution in [0.4, 0.5) is 0 Å². The average molecular weight is 269 g/mol. The van der Waals surface area contributed by atoms with E-state index in [1.807, 2.05) is 0 Å². The van der Waals surface area contributed by atoms with E-state index in [0.717, 1.165) is 0 Å². The van der Waals surface area contributed by atoms with Gasteiger partial charge in [-0.15, -0.1) is 0 Å². The van der Waals surface area contributed by atoms with Crippen LogP contribution in [0.15, 0.2) is 0 Å². The maximum absolute atomic E-state index is 10.6. The summed E-state index contributed by atoms with van der Waals surface area (Å²) in [7, 11) is 0. The van der Waals surface area contributed by atoms with Gasteiger partial charge in [0.2, 0.25) is 0 Å². The van der Waals surface area contributed by atoms with Crippen LogP contribution in [0.5, 0.6) is 0 Å². The topological polar surface area (TPSA) is 40.9 Å². The standard InChI is InChI=1S/C8HCl4NO/c9-5-3(1-13)6(10)8(12)4(2-14)7(5)11/h2H. The van der Waals surface area contributed by atoms with E-state index in [1.54, 1.807) is 6.07 Å². The van der Waals surface area contributed by atoms with Gasteiger partial charge in [-0.1, -0.05) is 46.4 Å². The molecule has 6 heteroatoms. The molecule has 0 aliphatic carbocycles. The lowest BCUT2D eigenvalue weighted by Gasteiger charge is -2.06. The van der Waals surface area contributed by atoms with Crippen molar-refractivity contribution in [3.05, 3.63) is 31.2 Å². The zero-order chi connectivity index (χ0) is 10.9. The number of benzene rings is 1. The highest BCUT2D eigenvalue weighted by molar-refractivity contribution is 6.50. The van der Waals surface area contributed by atoms with E-state index < -0.39 is 0 Å².